The fraction of sp³-hybridized carbons (Fsp3) is 0.200. The Balaban J connectivity index is 1.76. The van der Waals surface area contributed by atoms with Gasteiger partial charge in [0.1, 0.15) is 11.5 Å². The van der Waals surface area contributed by atoms with Gasteiger partial charge in [-0.05, 0) is 61.7 Å². The van der Waals surface area contributed by atoms with Crippen LogP contribution < -0.4 is 10.6 Å². The van der Waals surface area contributed by atoms with Crippen LogP contribution in [0.25, 0.3) is 6.08 Å². The second kappa shape index (κ2) is 10.3. The molecule has 0 spiro atoms. The molecule has 0 aliphatic heterocycles. The summed E-state index contributed by atoms with van der Waals surface area (Å²) >= 11 is 0. The van der Waals surface area contributed by atoms with Crippen molar-refractivity contribution >= 4 is 23.6 Å². The molecular formula is C25H26N2O3. The van der Waals surface area contributed by atoms with E-state index in [1.54, 1.807) is 30.3 Å². The van der Waals surface area contributed by atoms with Crippen LogP contribution in [-0.2, 0) is 11.2 Å². The molecule has 0 saturated heterocycles. The zero-order valence-electron chi connectivity index (χ0n) is 17.3. The van der Waals surface area contributed by atoms with Crippen LogP contribution in [0.1, 0.15) is 47.0 Å². The van der Waals surface area contributed by atoms with E-state index in [9.17, 15) is 9.59 Å². The van der Waals surface area contributed by atoms with Gasteiger partial charge in [0.25, 0.3) is 11.8 Å². The second-order valence-electron chi connectivity index (χ2n) is 7.15. The van der Waals surface area contributed by atoms with Gasteiger partial charge in [0.15, 0.2) is 0 Å². The van der Waals surface area contributed by atoms with Crippen LogP contribution in [0, 0.1) is 6.92 Å². The quantitative estimate of drug-likeness (QED) is 0.500. The molecule has 0 saturated carbocycles. The van der Waals surface area contributed by atoms with Crippen LogP contribution in [0.4, 0.5) is 5.69 Å². The third-order valence-corrected chi connectivity index (χ3v) is 4.63. The minimum absolute atomic E-state index is 0.103. The average Bonchev–Trinajstić information content (AvgIpc) is 3.26. The summed E-state index contributed by atoms with van der Waals surface area (Å²) in [5, 5.41) is 5.55. The molecule has 2 aromatic carbocycles. The van der Waals surface area contributed by atoms with E-state index in [0.717, 1.165) is 24.8 Å². The standard InChI is InChI=1S/C25H26N2O3/c1-3-4-8-19-11-13-21(14-12-19)26-25(29)23(17-22-10-6-15-30-22)27-24(28)20-9-5-7-18(2)16-20/h5-7,9-17H,3-4,8H2,1-2H3,(H,26,29)(H,27,28)/b23-17-. The van der Waals surface area contributed by atoms with E-state index >= 15 is 0 Å². The van der Waals surface area contributed by atoms with Crippen molar-refractivity contribution in [2.75, 3.05) is 5.32 Å². The number of furan rings is 1. The number of benzene rings is 2. The monoisotopic (exact) mass is 402 g/mol. The van der Waals surface area contributed by atoms with Crippen LogP contribution in [0.2, 0.25) is 0 Å². The zero-order valence-corrected chi connectivity index (χ0v) is 17.3. The molecular weight excluding hydrogens is 376 g/mol. The SMILES string of the molecule is CCCCc1ccc(NC(=O)/C(=C/c2ccco2)NC(=O)c2cccc(C)c2)cc1. The third kappa shape index (κ3) is 5.95. The number of amides is 2. The van der Waals surface area contributed by atoms with E-state index in [2.05, 4.69) is 17.6 Å². The highest BCUT2D eigenvalue weighted by Crippen LogP contribution is 2.14. The van der Waals surface area contributed by atoms with Crippen LogP contribution in [0.5, 0.6) is 0 Å². The molecule has 0 unspecified atom stereocenters. The fourth-order valence-corrected chi connectivity index (χ4v) is 2.99. The minimum Gasteiger partial charge on any atom is -0.465 e. The summed E-state index contributed by atoms with van der Waals surface area (Å²) in [4.78, 5) is 25.6. The fourth-order valence-electron chi connectivity index (χ4n) is 2.99. The Hall–Kier alpha value is -3.60. The van der Waals surface area contributed by atoms with Crippen LogP contribution in [0.3, 0.4) is 0 Å². The van der Waals surface area contributed by atoms with E-state index < -0.39 is 5.91 Å². The van der Waals surface area contributed by atoms with Gasteiger partial charge in [0.2, 0.25) is 0 Å². The van der Waals surface area contributed by atoms with Gasteiger partial charge in [0.05, 0.1) is 6.26 Å². The lowest BCUT2D eigenvalue weighted by molar-refractivity contribution is -0.113. The van der Waals surface area contributed by atoms with Gasteiger partial charge in [0, 0.05) is 17.3 Å². The number of anilines is 1. The smallest absolute Gasteiger partial charge is 0.272 e. The molecule has 0 bridgehead atoms. The summed E-state index contributed by atoms with van der Waals surface area (Å²) in [6, 6.07) is 18.4. The molecule has 0 fully saturated rings. The third-order valence-electron chi connectivity index (χ3n) is 4.63. The lowest BCUT2D eigenvalue weighted by Crippen LogP contribution is -2.30. The number of nitrogens with one attached hydrogen (secondary N) is 2. The topological polar surface area (TPSA) is 71.3 Å². The Labute approximate surface area is 176 Å². The minimum atomic E-state index is -0.422. The van der Waals surface area contributed by atoms with Gasteiger partial charge < -0.3 is 15.1 Å². The summed E-state index contributed by atoms with van der Waals surface area (Å²) < 4.78 is 5.32. The number of unbranched alkanes of at least 4 members (excludes halogenated alkanes) is 1. The first-order valence-corrected chi connectivity index (χ1v) is 10.1. The van der Waals surface area contributed by atoms with Gasteiger partial charge in [-0.2, -0.15) is 0 Å². The normalized spacial score (nSPS) is 11.2. The molecule has 2 amide bonds. The summed E-state index contributed by atoms with van der Waals surface area (Å²) in [5.41, 5.74) is 3.44. The highest BCUT2D eigenvalue weighted by molar-refractivity contribution is 6.10. The number of hydrogen-bond donors (Lipinski definition) is 2. The first-order chi connectivity index (χ1) is 14.5. The van der Waals surface area contributed by atoms with Crippen LogP contribution >= 0.6 is 0 Å². The Bertz CT molecular complexity index is 1020. The molecule has 30 heavy (non-hydrogen) atoms. The molecule has 5 nitrogen and oxygen atoms in total. The molecule has 5 heteroatoms. The average molecular weight is 402 g/mol. The van der Waals surface area contributed by atoms with Crippen LogP contribution in [-0.4, -0.2) is 11.8 Å². The number of aryl methyl sites for hydroxylation is 2. The molecule has 2 N–H and O–H groups in total. The first kappa shape index (κ1) is 21.1. The predicted molar refractivity (Wildman–Crippen MR) is 119 cm³/mol. The molecule has 3 aromatic rings. The molecule has 0 aliphatic rings. The number of hydrogen-bond acceptors (Lipinski definition) is 3. The molecule has 3 rings (SSSR count). The van der Waals surface area contributed by atoms with E-state index in [1.807, 2.05) is 37.3 Å². The van der Waals surface area contributed by atoms with Crippen molar-refractivity contribution in [3.05, 3.63) is 95.1 Å². The first-order valence-electron chi connectivity index (χ1n) is 10.1. The summed E-state index contributed by atoms with van der Waals surface area (Å²) in [7, 11) is 0. The zero-order chi connectivity index (χ0) is 21.3. The molecule has 0 radical (unpaired) electrons. The predicted octanol–water partition coefficient (Wildman–Crippen LogP) is 5.34. The summed E-state index contributed by atoms with van der Waals surface area (Å²) in [6.45, 7) is 4.07. The van der Waals surface area contributed by atoms with Crippen molar-refractivity contribution in [3.8, 4) is 0 Å². The van der Waals surface area contributed by atoms with E-state index in [1.165, 1.54) is 17.9 Å². The molecule has 0 atom stereocenters. The molecule has 1 heterocycles. The highest BCUT2D eigenvalue weighted by atomic mass is 16.3. The Kier molecular flexibility index (Phi) is 7.22. The number of carbonyl (C=O) groups is 2. The van der Waals surface area contributed by atoms with E-state index in [4.69, 9.17) is 4.42 Å². The maximum atomic E-state index is 12.9. The molecule has 154 valence electrons. The largest absolute Gasteiger partial charge is 0.465 e. The van der Waals surface area contributed by atoms with Gasteiger partial charge in [-0.15, -0.1) is 0 Å². The van der Waals surface area contributed by atoms with Gasteiger partial charge in [-0.25, -0.2) is 0 Å². The summed E-state index contributed by atoms with van der Waals surface area (Å²) in [6.07, 6.45) is 6.31. The lowest BCUT2D eigenvalue weighted by Gasteiger charge is -2.11. The van der Waals surface area contributed by atoms with Crippen molar-refractivity contribution < 1.29 is 14.0 Å². The van der Waals surface area contributed by atoms with Crippen molar-refractivity contribution in [2.45, 2.75) is 33.1 Å². The lowest BCUT2D eigenvalue weighted by atomic mass is 10.1. The number of rotatable bonds is 8. The van der Waals surface area contributed by atoms with E-state index in [0.29, 0.717) is 17.0 Å². The van der Waals surface area contributed by atoms with Crippen molar-refractivity contribution in [2.24, 2.45) is 0 Å². The maximum absolute atomic E-state index is 12.9. The van der Waals surface area contributed by atoms with Crippen LogP contribution in [0.15, 0.2) is 77.0 Å². The van der Waals surface area contributed by atoms with Gasteiger partial charge in [-0.3, -0.25) is 9.59 Å². The van der Waals surface area contributed by atoms with Crippen molar-refractivity contribution in [1.29, 1.82) is 0 Å². The number of carbonyl (C=O) groups excluding carboxylic acids is 2. The van der Waals surface area contributed by atoms with Gasteiger partial charge in [-0.1, -0.05) is 43.2 Å². The highest BCUT2D eigenvalue weighted by Gasteiger charge is 2.16. The Morgan fingerprint density at radius 3 is 2.50 bits per heavy atom. The van der Waals surface area contributed by atoms with Crippen molar-refractivity contribution in [3.63, 3.8) is 0 Å². The van der Waals surface area contributed by atoms with Gasteiger partial charge >= 0.3 is 0 Å². The second-order valence-corrected chi connectivity index (χ2v) is 7.15. The van der Waals surface area contributed by atoms with Crippen molar-refractivity contribution in [1.82, 2.24) is 5.32 Å². The Morgan fingerprint density at radius 2 is 1.83 bits per heavy atom. The Morgan fingerprint density at radius 1 is 1.03 bits per heavy atom. The van der Waals surface area contributed by atoms with E-state index in [-0.39, 0.29) is 11.6 Å². The summed E-state index contributed by atoms with van der Waals surface area (Å²) in [5.74, 6) is -0.310. The molecule has 0 aliphatic carbocycles. The maximum Gasteiger partial charge on any atom is 0.272 e. The molecule has 1 aromatic heterocycles.